The molecular weight excluding hydrogens is 212 g/mol. The predicted octanol–water partition coefficient (Wildman–Crippen LogP) is 1.98. The van der Waals surface area contributed by atoms with Crippen LogP contribution in [0.5, 0.6) is 0 Å². The Morgan fingerprint density at radius 3 is 2.29 bits per heavy atom. The second-order valence-electron chi connectivity index (χ2n) is 6.28. The second-order valence-corrected chi connectivity index (χ2v) is 6.28. The topological polar surface area (TPSA) is 23.6 Å². The zero-order chi connectivity index (χ0) is 12.5. The van der Waals surface area contributed by atoms with E-state index in [1.807, 2.05) is 0 Å². The fourth-order valence-electron chi connectivity index (χ4n) is 3.08. The Hall–Kier alpha value is -0.570. The smallest absolute Gasteiger partial charge is 0.222 e. The molecule has 0 aromatic carbocycles. The first-order valence-electron chi connectivity index (χ1n) is 7.05. The van der Waals surface area contributed by atoms with Crippen LogP contribution in [-0.2, 0) is 4.79 Å². The Bertz CT molecular complexity index is 272. The summed E-state index contributed by atoms with van der Waals surface area (Å²) >= 11 is 0. The van der Waals surface area contributed by atoms with Crippen LogP contribution in [0.2, 0.25) is 0 Å². The van der Waals surface area contributed by atoms with Gasteiger partial charge in [0.1, 0.15) is 0 Å². The number of hydrogen-bond donors (Lipinski definition) is 0. The summed E-state index contributed by atoms with van der Waals surface area (Å²) in [5.41, 5.74) is 0.484. The van der Waals surface area contributed by atoms with Crippen LogP contribution in [0.3, 0.4) is 0 Å². The molecule has 3 heteroatoms. The molecule has 0 bridgehead atoms. The number of piperidine rings is 1. The molecule has 2 saturated heterocycles. The molecule has 2 aliphatic rings. The molecule has 2 rings (SSSR count). The van der Waals surface area contributed by atoms with Crippen molar-refractivity contribution in [3.63, 3.8) is 0 Å². The maximum atomic E-state index is 11.9. The third kappa shape index (κ3) is 2.82. The Morgan fingerprint density at radius 2 is 1.82 bits per heavy atom. The first kappa shape index (κ1) is 12.9. The van der Waals surface area contributed by atoms with Crippen molar-refractivity contribution >= 4 is 5.91 Å². The third-order valence-electron chi connectivity index (χ3n) is 4.35. The summed E-state index contributed by atoms with van der Waals surface area (Å²) in [7, 11) is 0. The number of amides is 1. The van der Waals surface area contributed by atoms with Crippen LogP contribution < -0.4 is 0 Å². The lowest BCUT2D eigenvalue weighted by atomic mass is 9.72. The summed E-state index contributed by atoms with van der Waals surface area (Å²) in [5, 5.41) is 0. The average molecular weight is 238 g/mol. The van der Waals surface area contributed by atoms with E-state index in [9.17, 15) is 4.79 Å². The van der Waals surface area contributed by atoms with Gasteiger partial charge in [0.25, 0.3) is 0 Å². The number of carbonyl (C=O) groups is 1. The Balaban J connectivity index is 1.76. The van der Waals surface area contributed by atoms with Crippen LogP contribution in [0.4, 0.5) is 0 Å². The number of rotatable bonds is 3. The Kier molecular flexibility index (Phi) is 3.76. The summed E-state index contributed by atoms with van der Waals surface area (Å²) in [6.07, 6.45) is 3.29. The van der Waals surface area contributed by atoms with Gasteiger partial charge in [0.15, 0.2) is 0 Å². The van der Waals surface area contributed by atoms with E-state index in [1.165, 1.54) is 32.5 Å². The lowest BCUT2D eigenvalue weighted by Gasteiger charge is -2.54. The van der Waals surface area contributed by atoms with E-state index in [4.69, 9.17) is 0 Å². The van der Waals surface area contributed by atoms with Crippen molar-refractivity contribution in [1.29, 1.82) is 0 Å². The van der Waals surface area contributed by atoms with Gasteiger partial charge in [-0.25, -0.2) is 0 Å². The van der Waals surface area contributed by atoms with E-state index in [-0.39, 0.29) is 0 Å². The molecule has 98 valence electrons. The standard InChI is InChI=1S/C14H26N2O/c1-4-15-7-5-14(6-8-15)10-16(11-14)13(17)9-12(2)3/h12H,4-11H2,1-3H3. The SMILES string of the molecule is CCN1CCC2(CC1)CN(C(=O)CC(C)C)C2. The summed E-state index contributed by atoms with van der Waals surface area (Å²) in [4.78, 5) is 16.5. The minimum absolute atomic E-state index is 0.364. The number of hydrogen-bond acceptors (Lipinski definition) is 2. The van der Waals surface area contributed by atoms with E-state index in [0.717, 1.165) is 19.5 Å². The number of likely N-dealkylation sites (tertiary alicyclic amines) is 2. The fourth-order valence-corrected chi connectivity index (χ4v) is 3.08. The zero-order valence-corrected chi connectivity index (χ0v) is 11.5. The summed E-state index contributed by atoms with van der Waals surface area (Å²) in [6.45, 7) is 12.1. The van der Waals surface area contributed by atoms with E-state index < -0.39 is 0 Å². The van der Waals surface area contributed by atoms with Gasteiger partial charge < -0.3 is 9.80 Å². The number of nitrogens with zero attached hydrogens (tertiary/aromatic N) is 2. The minimum atomic E-state index is 0.364. The highest BCUT2D eigenvalue weighted by Gasteiger charge is 2.46. The van der Waals surface area contributed by atoms with Crippen molar-refractivity contribution < 1.29 is 4.79 Å². The van der Waals surface area contributed by atoms with Gasteiger partial charge in [-0.05, 0) is 38.4 Å². The molecule has 0 aromatic heterocycles. The lowest BCUT2D eigenvalue weighted by Crippen LogP contribution is -2.61. The van der Waals surface area contributed by atoms with Crippen molar-refractivity contribution in [2.75, 3.05) is 32.7 Å². The average Bonchev–Trinajstić information content (AvgIpc) is 2.25. The van der Waals surface area contributed by atoms with E-state index >= 15 is 0 Å². The molecule has 2 fully saturated rings. The maximum absolute atomic E-state index is 11.9. The van der Waals surface area contributed by atoms with E-state index in [2.05, 4.69) is 30.6 Å². The largest absolute Gasteiger partial charge is 0.341 e. The molecule has 0 aromatic rings. The van der Waals surface area contributed by atoms with Crippen LogP contribution in [0.25, 0.3) is 0 Å². The van der Waals surface area contributed by atoms with Crippen LogP contribution in [0.1, 0.15) is 40.0 Å². The van der Waals surface area contributed by atoms with Crippen molar-refractivity contribution in [3.05, 3.63) is 0 Å². The fraction of sp³-hybridized carbons (Fsp3) is 0.929. The lowest BCUT2D eigenvalue weighted by molar-refractivity contribution is -0.147. The van der Waals surface area contributed by atoms with Gasteiger partial charge in [-0.2, -0.15) is 0 Å². The molecule has 0 unspecified atom stereocenters. The minimum Gasteiger partial charge on any atom is -0.341 e. The van der Waals surface area contributed by atoms with Crippen molar-refractivity contribution in [3.8, 4) is 0 Å². The summed E-state index contributed by atoms with van der Waals surface area (Å²) < 4.78 is 0. The van der Waals surface area contributed by atoms with Gasteiger partial charge in [0.2, 0.25) is 5.91 Å². The first-order chi connectivity index (χ1) is 8.04. The summed E-state index contributed by atoms with van der Waals surface area (Å²) in [6, 6.07) is 0. The van der Waals surface area contributed by atoms with Crippen LogP contribution in [-0.4, -0.2) is 48.4 Å². The molecule has 0 atom stereocenters. The van der Waals surface area contributed by atoms with Gasteiger partial charge in [0, 0.05) is 24.9 Å². The zero-order valence-electron chi connectivity index (χ0n) is 11.5. The highest BCUT2D eigenvalue weighted by atomic mass is 16.2. The van der Waals surface area contributed by atoms with E-state index in [1.54, 1.807) is 0 Å². The molecule has 0 saturated carbocycles. The van der Waals surface area contributed by atoms with Gasteiger partial charge in [0.05, 0.1) is 0 Å². The maximum Gasteiger partial charge on any atom is 0.222 e. The van der Waals surface area contributed by atoms with Gasteiger partial charge in [-0.3, -0.25) is 4.79 Å². The van der Waals surface area contributed by atoms with Gasteiger partial charge >= 0.3 is 0 Å². The van der Waals surface area contributed by atoms with Crippen molar-refractivity contribution in [2.24, 2.45) is 11.3 Å². The highest BCUT2D eigenvalue weighted by Crippen LogP contribution is 2.40. The molecule has 2 aliphatic heterocycles. The molecule has 17 heavy (non-hydrogen) atoms. The molecule has 2 heterocycles. The Labute approximate surface area is 105 Å². The molecule has 1 amide bonds. The second kappa shape index (κ2) is 4.97. The highest BCUT2D eigenvalue weighted by molar-refractivity contribution is 5.77. The quantitative estimate of drug-likeness (QED) is 0.750. The first-order valence-corrected chi connectivity index (χ1v) is 7.05. The van der Waals surface area contributed by atoms with Crippen LogP contribution >= 0.6 is 0 Å². The Morgan fingerprint density at radius 1 is 1.24 bits per heavy atom. The molecule has 0 radical (unpaired) electrons. The monoisotopic (exact) mass is 238 g/mol. The van der Waals surface area contributed by atoms with E-state index in [0.29, 0.717) is 17.2 Å². The number of carbonyl (C=O) groups excluding carboxylic acids is 1. The molecule has 3 nitrogen and oxygen atoms in total. The molecular formula is C14H26N2O. The van der Waals surface area contributed by atoms with Crippen LogP contribution in [0, 0.1) is 11.3 Å². The normalized spacial score (nSPS) is 24.1. The summed E-state index contributed by atoms with van der Waals surface area (Å²) in [5.74, 6) is 0.851. The van der Waals surface area contributed by atoms with Gasteiger partial charge in [-0.15, -0.1) is 0 Å². The van der Waals surface area contributed by atoms with Crippen molar-refractivity contribution in [2.45, 2.75) is 40.0 Å². The van der Waals surface area contributed by atoms with Crippen LogP contribution in [0.15, 0.2) is 0 Å². The molecule has 0 aliphatic carbocycles. The van der Waals surface area contributed by atoms with Crippen molar-refractivity contribution in [1.82, 2.24) is 9.80 Å². The molecule has 0 N–H and O–H groups in total. The predicted molar refractivity (Wildman–Crippen MR) is 69.8 cm³/mol. The van der Waals surface area contributed by atoms with Gasteiger partial charge in [-0.1, -0.05) is 20.8 Å². The third-order valence-corrected chi connectivity index (χ3v) is 4.35. The molecule has 1 spiro atoms.